The molecule has 2 saturated heterocycles. The number of thioether (sulfide) groups is 1. The van der Waals surface area contributed by atoms with Crippen molar-refractivity contribution in [2.75, 3.05) is 37.7 Å². The van der Waals surface area contributed by atoms with Gasteiger partial charge in [0, 0.05) is 30.5 Å². The fourth-order valence-corrected chi connectivity index (χ4v) is 3.68. The number of nitrogens with one attached hydrogen (secondary N) is 1. The quantitative estimate of drug-likeness (QED) is 0.665. The second-order valence-corrected chi connectivity index (χ2v) is 5.67. The number of hydrogen-bond donors (Lipinski definition) is 1. The van der Waals surface area contributed by atoms with E-state index in [9.17, 15) is 4.79 Å². The molecule has 1 N–H and O–H groups in total. The van der Waals surface area contributed by atoms with Crippen LogP contribution in [0.1, 0.15) is 0 Å². The molecule has 0 aromatic heterocycles. The summed E-state index contributed by atoms with van der Waals surface area (Å²) in [4.78, 5) is 14.1. The van der Waals surface area contributed by atoms with Gasteiger partial charge >= 0.3 is 0 Å². The lowest BCUT2D eigenvalue weighted by Gasteiger charge is -2.27. The third kappa shape index (κ3) is 1.36. The van der Waals surface area contributed by atoms with Crippen LogP contribution < -0.4 is 5.32 Å². The molecule has 0 bridgehead atoms. The number of hydrogen-bond acceptors (Lipinski definition) is 3. The topological polar surface area (TPSA) is 32.3 Å². The Morgan fingerprint density at radius 1 is 1.21 bits per heavy atom. The van der Waals surface area contributed by atoms with E-state index in [0.717, 1.165) is 37.7 Å². The third-order valence-corrected chi connectivity index (χ3v) is 4.64. The molecule has 78 valence electrons. The summed E-state index contributed by atoms with van der Waals surface area (Å²) in [7, 11) is 0. The number of fused-ring (bicyclic) bond motifs is 1. The van der Waals surface area contributed by atoms with Crippen molar-refractivity contribution in [1.82, 2.24) is 10.2 Å². The Labute approximate surface area is 88.6 Å². The highest BCUT2D eigenvalue weighted by Gasteiger charge is 2.57. The van der Waals surface area contributed by atoms with Gasteiger partial charge in [0.1, 0.15) is 0 Å². The van der Waals surface area contributed by atoms with Crippen molar-refractivity contribution in [3.63, 3.8) is 0 Å². The highest BCUT2D eigenvalue weighted by Crippen LogP contribution is 2.49. The average molecular weight is 212 g/mol. The van der Waals surface area contributed by atoms with Gasteiger partial charge in [-0.25, -0.2) is 0 Å². The van der Waals surface area contributed by atoms with Gasteiger partial charge in [-0.15, -0.1) is 0 Å². The first kappa shape index (κ1) is 9.04. The average Bonchev–Trinajstić information content (AvgIpc) is 2.72. The van der Waals surface area contributed by atoms with Gasteiger partial charge in [-0.05, 0) is 24.9 Å². The summed E-state index contributed by atoms with van der Waals surface area (Å²) in [6.45, 7) is 4.10. The monoisotopic (exact) mass is 212 g/mol. The molecule has 2 heterocycles. The Kier molecular flexibility index (Phi) is 2.21. The molecule has 0 radical (unpaired) electrons. The summed E-state index contributed by atoms with van der Waals surface area (Å²) in [6, 6.07) is 0. The van der Waals surface area contributed by atoms with Crippen LogP contribution in [-0.2, 0) is 4.79 Å². The summed E-state index contributed by atoms with van der Waals surface area (Å²) >= 11 is 1.96. The van der Waals surface area contributed by atoms with Gasteiger partial charge in [0.15, 0.2) is 0 Å². The minimum atomic E-state index is 0.388. The smallest absolute Gasteiger partial charge is 0.226 e. The highest BCUT2D eigenvalue weighted by atomic mass is 32.2. The molecular formula is C10H16N2OS. The lowest BCUT2D eigenvalue weighted by molar-refractivity contribution is -0.132. The van der Waals surface area contributed by atoms with Crippen LogP contribution in [0.2, 0.25) is 0 Å². The van der Waals surface area contributed by atoms with Crippen molar-refractivity contribution >= 4 is 17.7 Å². The normalized spacial score (nSPS) is 40.9. The van der Waals surface area contributed by atoms with E-state index in [1.54, 1.807) is 0 Å². The number of carbonyl (C=O) groups is 1. The molecule has 4 heteroatoms. The summed E-state index contributed by atoms with van der Waals surface area (Å²) in [5.74, 6) is 4.45. The van der Waals surface area contributed by atoms with E-state index in [-0.39, 0.29) is 0 Å². The molecule has 3 fully saturated rings. The molecular weight excluding hydrogens is 196 g/mol. The van der Waals surface area contributed by atoms with Gasteiger partial charge in [-0.1, -0.05) is 0 Å². The minimum absolute atomic E-state index is 0.388. The minimum Gasteiger partial charge on any atom is -0.341 e. The summed E-state index contributed by atoms with van der Waals surface area (Å²) in [5, 5.41) is 3.33. The first-order valence-corrected chi connectivity index (χ1v) is 6.60. The van der Waals surface area contributed by atoms with Crippen molar-refractivity contribution in [2.45, 2.75) is 0 Å². The zero-order valence-corrected chi connectivity index (χ0v) is 9.05. The van der Waals surface area contributed by atoms with E-state index in [1.165, 1.54) is 0 Å². The molecule has 3 aliphatic rings. The molecule has 14 heavy (non-hydrogen) atoms. The van der Waals surface area contributed by atoms with Crippen molar-refractivity contribution in [3.05, 3.63) is 0 Å². The number of carbonyl (C=O) groups excluding carboxylic acids is 1. The zero-order valence-electron chi connectivity index (χ0n) is 8.24. The molecule has 2 aliphatic heterocycles. The third-order valence-electron chi connectivity index (χ3n) is 3.70. The van der Waals surface area contributed by atoms with E-state index in [1.807, 2.05) is 11.8 Å². The Bertz CT molecular complexity index is 239. The molecule has 0 aromatic carbocycles. The SMILES string of the molecule is O=C(C1[C@H]2CNC[C@@H]12)N1CCSCC1. The Balaban J connectivity index is 1.60. The number of rotatable bonds is 1. The highest BCUT2D eigenvalue weighted by molar-refractivity contribution is 7.99. The van der Waals surface area contributed by atoms with Gasteiger partial charge in [-0.3, -0.25) is 4.79 Å². The maximum absolute atomic E-state index is 12.1. The molecule has 0 spiro atoms. The molecule has 3 atom stereocenters. The van der Waals surface area contributed by atoms with Gasteiger partial charge < -0.3 is 10.2 Å². The predicted octanol–water partition coefficient (Wildman–Crippen LogP) is 0.0272. The fourth-order valence-electron chi connectivity index (χ4n) is 2.78. The Hall–Kier alpha value is -0.220. The van der Waals surface area contributed by atoms with Crippen LogP contribution in [0.5, 0.6) is 0 Å². The molecule has 1 aliphatic carbocycles. The maximum atomic E-state index is 12.1. The van der Waals surface area contributed by atoms with E-state index in [2.05, 4.69) is 10.2 Å². The van der Waals surface area contributed by atoms with Crippen LogP contribution in [0.25, 0.3) is 0 Å². The number of nitrogens with zero attached hydrogens (tertiary/aromatic N) is 1. The van der Waals surface area contributed by atoms with Crippen molar-refractivity contribution in [2.24, 2.45) is 17.8 Å². The van der Waals surface area contributed by atoms with Gasteiger partial charge in [0.2, 0.25) is 5.91 Å². The molecule has 0 aromatic rings. The van der Waals surface area contributed by atoms with E-state index in [4.69, 9.17) is 0 Å². The van der Waals surface area contributed by atoms with E-state index >= 15 is 0 Å². The van der Waals surface area contributed by atoms with E-state index < -0.39 is 0 Å². The lowest BCUT2D eigenvalue weighted by atomic mass is 10.2. The first-order chi connectivity index (χ1) is 6.88. The number of piperidine rings is 1. The van der Waals surface area contributed by atoms with E-state index in [0.29, 0.717) is 23.7 Å². The van der Waals surface area contributed by atoms with Crippen LogP contribution in [0.15, 0.2) is 0 Å². The fraction of sp³-hybridized carbons (Fsp3) is 0.900. The second kappa shape index (κ2) is 3.42. The molecule has 1 amide bonds. The zero-order chi connectivity index (χ0) is 9.54. The largest absolute Gasteiger partial charge is 0.341 e. The summed E-state index contributed by atoms with van der Waals surface area (Å²) in [6.07, 6.45) is 0. The maximum Gasteiger partial charge on any atom is 0.226 e. The van der Waals surface area contributed by atoms with Crippen LogP contribution in [0.3, 0.4) is 0 Å². The van der Waals surface area contributed by atoms with Crippen molar-refractivity contribution in [1.29, 1.82) is 0 Å². The molecule has 3 rings (SSSR count). The Morgan fingerprint density at radius 2 is 1.86 bits per heavy atom. The first-order valence-electron chi connectivity index (χ1n) is 5.45. The van der Waals surface area contributed by atoms with Gasteiger partial charge in [0.05, 0.1) is 0 Å². The van der Waals surface area contributed by atoms with Crippen LogP contribution >= 0.6 is 11.8 Å². The standard InChI is InChI=1S/C10H16N2OS/c13-10(12-1-3-14-4-2-12)9-7-5-11-6-8(7)9/h7-9,11H,1-6H2/t7-,8+,9?. The molecule has 3 nitrogen and oxygen atoms in total. The summed E-state index contributed by atoms with van der Waals surface area (Å²) in [5.41, 5.74) is 0. The van der Waals surface area contributed by atoms with Crippen LogP contribution in [0, 0.1) is 17.8 Å². The number of amides is 1. The van der Waals surface area contributed by atoms with Crippen molar-refractivity contribution in [3.8, 4) is 0 Å². The lowest BCUT2D eigenvalue weighted by Crippen LogP contribution is -2.40. The second-order valence-electron chi connectivity index (χ2n) is 4.45. The summed E-state index contributed by atoms with van der Waals surface area (Å²) < 4.78 is 0. The van der Waals surface area contributed by atoms with Gasteiger partial charge in [0.25, 0.3) is 0 Å². The van der Waals surface area contributed by atoms with Crippen LogP contribution in [0.4, 0.5) is 0 Å². The van der Waals surface area contributed by atoms with Crippen molar-refractivity contribution < 1.29 is 4.79 Å². The molecule has 1 unspecified atom stereocenters. The molecule has 1 saturated carbocycles. The van der Waals surface area contributed by atoms with Gasteiger partial charge in [-0.2, -0.15) is 11.8 Å². The Morgan fingerprint density at radius 3 is 2.50 bits per heavy atom. The van der Waals surface area contributed by atoms with Crippen LogP contribution in [-0.4, -0.2) is 48.5 Å². The predicted molar refractivity (Wildman–Crippen MR) is 57.2 cm³/mol.